The Bertz CT molecular complexity index is 406. The average molecular weight is 266 g/mol. The normalized spacial score (nSPS) is 10.3. The van der Waals surface area contributed by atoms with Crippen LogP contribution in [0.4, 0.5) is 0 Å². The molecule has 5 heteroatoms. The maximum Gasteiger partial charge on any atom is 0.320 e. The fraction of sp³-hybridized carbons (Fsp3) is 0.429. The van der Waals surface area contributed by atoms with E-state index >= 15 is 0 Å². The van der Waals surface area contributed by atoms with Crippen LogP contribution in [0.2, 0.25) is 0 Å². The fourth-order valence-corrected chi connectivity index (χ4v) is 1.62. The van der Waals surface area contributed by atoms with Crippen molar-refractivity contribution < 1.29 is 24.2 Å². The van der Waals surface area contributed by atoms with Crippen LogP contribution < -0.4 is 0 Å². The minimum Gasteiger partial charge on any atom is -0.508 e. The predicted octanol–water partition coefficient (Wildman–Crippen LogP) is 1.68. The van der Waals surface area contributed by atoms with Gasteiger partial charge in [0.2, 0.25) is 0 Å². The summed E-state index contributed by atoms with van der Waals surface area (Å²) in [5, 5.41) is 9.19. The number of hydrogen-bond donors (Lipinski definition) is 1. The van der Waals surface area contributed by atoms with E-state index < -0.39 is 17.9 Å². The van der Waals surface area contributed by atoms with Gasteiger partial charge in [-0.3, -0.25) is 9.59 Å². The Morgan fingerprint density at radius 3 is 1.95 bits per heavy atom. The van der Waals surface area contributed by atoms with E-state index in [-0.39, 0.29) is 25.4 Å². The van der Waals surface area contributed by atoms with Crippen LogP contribution in [0.15, 0.2) is 24.3 Å². The number of hydrogen-bond acceptors (Lipinski definition) is 5. The summed E-state index contributed by atoms with van der Waals surface area (Å²) < 4.78 is 9.76. The molecule has 0 atom stereocenters. The van der Waals surface area contributed by atoms with Gasteiger partial charge in [-0.2, -0.15) is 0 Å². The van der Waals surface area contributed by atoms with Crippen LogP contribution >= 0.6 is 0 Å². The van der Waals surface area contributed by atoms with Crippen molar-refractivity contribution >= 4 is 11.9 Å². The van der Waals surface area contributed by atoms with Crippen molar-refractivity contribution in [2.75, 3.05) is 13.2 Å². The predicted molar refractivity (Wildman–Crippen MR) is 68.6 cm³/mol. The highest BCUT2D eigenvalue weighted by molar-refractivity contribution is 5.95. The van der Waals surface area contributed by atoms with Crippen molar-refractivity contribution in [1.82, 2.24) is 0 Å². The molecular weight excluding hydrogens is 248 g/mol. The molecule has 1 rings (SSSR count). The average Bonchev–Trinajstić information content (AvgIpc) is 2.38. The molecule has 0 saturated heterocycles. The Morgan fingerprint density at radius 2 is 1.53 bits per heavy atom. The van der Waals surface area contributed by atoms with E-state index in [9.17, 15) is 14.7 Å². The van der Waals surface area contributed by atoms with Crippen LogP contribution in [0, 0.1) is 5.92 Å². The number of ether oxygens (including phenoxy) is 2. The zero-order valence-corrected chi connectivity index (χ0v) is 11.1. The lowest BCUT2D eigenvalue weighted by atomic mass is 9.99. The second kappa shape index (κ2) is 7.41. The standard InChI is InChI=1S/C14H18O5/c1-3-18-13(16)12(14(17)19-4-2)9-10-5-7-11(15)8-6-10/h5-8,12,15H,3-4,9H2,1-2H3. The quantitative estimate of drug-likeness (QED) is 0.626. The van der Waals surface area contributed by atoms with E-state index in [4.69, 9.17) is 9.47 Å². The summed E-state index contributed by atoms with van der Waals surface area (Å²) in [6.45, 7) is 3.79. The molecular formula is C14H18O5. The third kappa shape index (κ3) is 4.62. The molecule has 1 aromatic carbocycles. The van der Waals surface area contributed by atoms with Crippen molar-refractivity contribution in [1.29, 1.82) is 0 Å². The molecule has 0 aliphatic rings. The Hall–Kier alpha value is -2.04. The SMILES string of the molecule is CCOC(=O)C(Cc1ccc(O)cc1)C(=O)OCC. The molecule has 0 spiro atoms. The Kier molecular flexibility index (Phi) is 5.85. The monoisotopic (exact) mass is 266 g/mol. The minimum atomic E-state index is -0.968. The third-order valence-electron chi connectivity index (χ3n) is 2.52. The summed E-state index contributed by atoms with van der Waals surface area (Å²) in [6, 6.07) is 6.31. The molecule has 0 saturated carbocycles. The third-order valence-corrected chi connectivity index (χ3v) is 2.52. The van der Waals surface area contributed by atoms with Gasteiger partial charge in [0.15, 0.2) is 5.92 Å². The number of aromatic hydroxyl groups is 1. The molecule has 0 bridgehead atoms. The highest BCUT2D eigenvalue weighted by Crippen LogP contribution is 2.16. The van der Waals surface area contributed by atoms with Crippen molar-refractivity contribution in [2.24, 2.45) is 5.92 Å². The van der Waals surface area contributed by atoms with Crippen molar-refractivity contribution in [3.63, 3.8) is 0 Å². The zero-order valence-electron chi connectivity index (χ0n) is 11.1. The fourth-order valence-electron chi connectivity index (χ4n) is 1.62. The van der Waals surface area contributed by atoms with E-state index in [1.807, 2.05) is 0 Å². The molecule has 0 fully saturated rings. The lowest BCUT2D eigenvalue weighted by Gasteiger charge is -2.14. The first kappa shape index (κ1) is 15.0. The zero-order chi connectivity index (χ0) is 14.3. The van der Waals surface area contributed by atoms with Gasteiger partial charge in [0.1, 0.15) is 5.75 Å². The number of carbonyl (C=O) groups is 2. The molecule has 0 aromatic heterocycles. The lowest BCUT2D eigenvalue weighted by molar-refractivity contribution is -0.161. The van der Waals surface area contributed by atoms with Gasteiger partial charge in [-0.05, 0) is 38.0 Å². The van der Waals surface area contributed by atoms with Gasteiger partial charge in [-0.25, -0.2) is 0 Å². The number of esters is 2. The van der Waals surface area contributed by atoms with Gasteiger partial charge in [0.05, 0.1) is 13.2 Å². The Labute approximate surface area is 112 Å². The second-order valence-corrected chi connectivity index (χ2v) is 3.93. The van der Waals surface area contributed by atoms with Crippen molar-refractivity contribution in [3.8, 4) is 5.75 Å². The molecule has 0 amide bonds. The van der Waals surface area contributed by atoms with Crippen molar-refractivity contribution in [3.05, 3.63) is 29.8 Å². The maximum absolute atomic E-state index is 11.8. The summed E-state index contributed by atoms with van der Waals surface area (Å²) in [4.78, 5) is 23.5. The van der Waals surface area contributed by atoms with E-state index in [0.717, 1.165) is 5.56 Å². The minimum absolute atomic E-state index is 0.132. The first-order valence-corrected chi connectivity index (χ1v) is 6.19. The van der Waals surface area contributed by atoms with Gasteiger partial charge >= 0.3 is 11.9 Å². The van der Waals surface area contributed by atoms with Gasteiger partial charge < -0.3 is 14.6 Å². The molecule has 0 unspecified atom stereocenters. The number of rotatable bonds is 6. The highest BCUT2D eigenvalue weighted by Gasteiger charge is 2.29. The summed E-state index contributed by atoms with van der Waals surface area (Å²) >= 11 is 0. The number of carbonyl (C=O) groups excluding carboxylic acids is 2. The molecule has 1 N–H and O–H groups in total. The van der Waals surface area contributed by atoms with Crippen LogP contribution in [0.3, 0.4) is 0 Å². The van der Waals surface area contributed by atoms with Crippen LogP contribution in [-0.4, -0.2) is 30.3 Å². The summed E-state index contributed by atoms with van der Waals surface area (Å²) in [6.07, 6.45) is 0.192. The Morgan fingerprint density at radius 1 is 1.05 bits per heavy atom. The van der Waals surface area contributed by atoms with Crippen LogP contribution in [0.1, 0.15) is 19.4 Å². The molecule has 104 valence electrons. The lowest BCUT2D eigenvalue weighted by Crippen LogP contribution is -2.30. The van der Waals surface area contributed by atoms with E-state index in [2.05, 4.69) is 0 Å². The van der Waals surface area contributed by atoms with Crippen LogP contribution in [0.5, 0.6) is 5.75 Å². The van der Waals surface area contributed by atoms with Crippen LogP contribution in [0.25, 0.3) is 0 Å². The highest BCUT2D eigenvalue weighted by atomic mass is 16.6. The van der Waals surface area contributed by atoms with Gasteiger partial charge in [0.25, 0.3) is 0 Å². The molecule has 5 nitrogen and oxygen atoms in total. The van der Waals surface area contributed by atoms with E-state index in [0.29, 0.717) is 0 Å². The first-order chi connectivity index (χ1) is 9.08. The molecule has 0 heterocycles. The Balaban J connectivity index is 2.81. The summed E-state index contributed by atoms with van der Waals surface area (Å²) in [5.74, 6) is -2.01. The number of benzene rings is 1. The molecule has 0 aliphatic heterocycles. The molecule has 1 aromatic rings. The smallest absolute Gasteiger partial charge is 0.320 e. The van der Waals surface area contributed by atoms with Gasteiger partial charge in [0, 0.05) is 0 Å². The molecule has 0 radical (unpaired) electrons. The largest absolute Gasteiger partial charge is 0.508 e. The molecule has 19 heavy (non-hydrogen) atoms. The molecule has 0 aliphatic carbocycles. The van der Waals surface area contributed by atoms with Gasteiger partial charge in [-0.15, -0.1) is 0 Å². The van der Waals surface area contributed by atoms with E-state index in [1.54, 1.807) is 26.0 Å². The summed E-state index contributed by atoms with van der Waals surface area (Å²) in [7, 11) is 0. The van der Waals surface area contributed by atoms with Crippen molar-refractivity contribution in [2.45, 2.75) is 20.3 Å². The van der Waals surface area contributed by atoms with E-state index in [1.165, 1.54) is 12.1 Å². The topological polar surface area (TPSA) is 72.8 Å². The number of phenols is 1. The first-order valence-electron chi connectivity index (χ1n) is 6.19. The summed E-state index contributed by atoms with van der Waals surface area (Å²) in [5.41, 5.74) is 0.754. The van der Waals surface area contributed by atoms with Gasteiger partial charge in [-0.1, -0.05) is 12.1 Å². The van der Waals surface area contributed by atoms with Crippen LogP contribution in [-0.2, 0) is 25.5 Å². The maximum atomic E-state index is 11.8. The number of phenolic OH excluding ortho intramolecular Hbond substituents is 1. The second-order valence-electron chi connectivity index (χ2n) is 3.93.